The number of benzene rings is 1. The summed E-state index contributed by atoms with van der Waals surface area (Å²) in [6.07, 6.45) is 2.69. The van der Waals surface area contributed by atoms with Gasteiger partial charge in [0.05, 0.1) is 12.7 Å². The van der Waals surface area contributed by atoms with Gasteiger partial charge in [-0.1, -0.05) is 20.8 Å². The normalized spacial score (nSPS) is 15.8. The van der Waals surface area contributed by atoms with Crippen LogP contribution in [0.2, 0.25) is 0 Å². The Labute approximate surface area is 180 Å². The molecular formula is C23H27NO5S. The van der Waals surface area contributed by atoms with E-state index in [2.05, 4.69) is 26.1 Å². The number of thiophene rings is 1. The third-order valence-electron chi connectivity index (χ3n) is 5.48. The van der Waals surface area contributed by atoms with Crippen LogP contribution in [0.5, 0.6) is 5.75 Å². The van der Waals surface area contributed by atoms with E-state index in [1.54, 1.807) is 24.3 Å². The molecule has 1 aliphatic carbocycles. The van der Waals surface area contributed by atoms with Gasteiger partial charge in [0.25, 0.3) is 5.91 Å². The molecule has 6 nitrogen and oxygen atoms in total. The fraction of sp³-hybridized carbons (Fsp3) is 0.435. The average molecular weight is 430 g/mol. The average Bonchev–Trinajstić information content (AvgIpc) is 3.03. The molecule has 0 fully saturated rings. The summed E-state index contributed by atoms with van der Waals surface area (Å²) in [4.78, 5) is 37.5. The van der Waals surface area contributed by atoms with E-state index in [0.29, 0.717) is 27.8 Å². The van der Waals surface area contributed by atoms with Crippen molar-refractivity contribution in [3.05, 3.63) is 45.8 Å². The molecule has 1 aromatic heterocycles. The number of methoxy groups -OCH3 is 1. The molecule has 0 aliphatic heterocycles. The number of ether oxygens (including phenoxy) is 2. The number of hydrogen-bond acceptors (Lipinski definition) is 6. The van der Waals surface area contributed by atoms with E-state index < -0.39 is 11.9 Å². The molecule has 0 radical (unpaired) electrons. The van der Waals surface area contributed by atoms with E-state index in [1.165, 1.54) is 25.4 Å². The Kier molecular flexibility index (Phi) is 6.31. The molecular weight excluding hydrogens is 402 g/mol. The van der Waals surface area contributed by atoms with Gasteiger partial charge in [-0.3, -0.25) is 9.59 Å². The van der Waals surface area contributed by atoms with Crippen molar-refractivity contribution in [3.8, 4) is 5.75 Å². The molecule has 1 amide bonds. The molecule has 30 heavy (non-hydrogen) atoms. The van der Waals surface area contributed by atoms with Crippen LogP contribution in [0, 0.1) is 11.3 Å². The van der Waals surface area contributed by atoms with Crippen molar-refractivity contribution >= 4 is 34.2 Å². The standard InChI is InChI=1S/C23H27NO5S/c1-13(25)29-16-9-6-14(7-10-16)20(26)24-21-19(22(27)28-5)17-11-8-15(23(2,3)4)12-18(17)30-21/h6-7,9-10,15H,8,11-12H2,1-5H3,(H,24,26). The highest BCUT2D eigenvalue weighted by Gasteiger charge is 2.34. The van der Waals surface area contributed by atoms with Gasteiger partial charge in [-0.25, -0.2) is 4.79 Å². The lowest BCUT2D eigenvalue weighted by molar-refractivity contribution is -0.131. The van der Waals surface area contributed by atoms with Gasteiger partial charge >= 0.3 is 11.9 Å². The summed E-state index contributed by atoms with van der Waals surface area (Å²) in [5.74, 6) is -0.295. The SMILES string of the molecule is COC(=O)c1c(NC(=O)c2ccc(OC(C)=O)cc2)sc2c1CCC(C(C)(C)C)C2. The zero-order valence-electron chi connectivity index (χ0n) is 18.0. The van der Waals surface area contributed by atoms with Crippen LogP contribution in [0.25, 0.3) is 0 Å². The van der Waals surface area contributed by atoms with E-state index in [1.807, 2.05) is 0 Å². The molecule has 1 aliphatic rings. The predicted molar refractivity (Wildman–Crippen MR) is 116 cm³/mol. The maximum absolute atomic E-state index is 12.8. The van der Waals surface area contributed by atoms with Crippen molar-refractivity contribution in [2.24, 2.45) is 11.3 Å². The van der Waals surface area contributed by atoms with Crippen molar-refractivity contribution in [2.45, 2.75) is 47.0 Å². The number of esters is 2. The number of carbonyl (C=O) groups excluding carboxylic acids is 3. The lowest BCUT2D eigenvalue weighted by Crippen LogP contribution is -2.26. The Balaban J connectivity index is 1.86. The quantitative estimate of drug-likeness (QED) is 0.554. The van der Waals surface area contributed by atoms with Crippen molar-refractivity contribution in [2.75, 3.05) is 12.4 Å². The first-order chi connectivity index (χ1) is 14.1. The molecule has 7 heteroatoms. The number of amides is 1. The summed E-state index contributed by atoms with van der Waals surface area (Å²) in [5.41, 5.74) is 2.04. The second-order valence-corrected chi connectivity index (χ2v) is 9.68. The van der Waals surface area contributed by atoms with Crippen molar-refractivity contribution in [1.29, 1.82) is 0 Å². The highest BCUT2D eigenvalue weighted by atomic mass is 32.1. The Morgan fingerprint density at radius 1 is 1.13 bits per heavy atom. The van der Waals surface area contributed by atoms with Gasteiger partial charge in [0.1, 0.15) is 10.8 Å². The first kappa shape index (κ1) is 22.0. The molecule has 1 unspecified atom stereocenters. The van der Waals surface area contributed by atoms with E-state index in [0.717, 1.165) is 29.7 Å². The summed E-state index contributed by atoms with van der Waals surface area (Å²) in [7, 11) is 1.35. The lowest BCUT2D eigenvalue weighted by atomic mass is 9.72. The Bertz CT molecular complexity index is 969. The number of carbonyl (C=O) groups is 3. The number of hydrogen-bond donors (Lipinski definition) is 1. The third-order valence-corrected chi connectivity index (χ3v) is 6.65. The summed E-state index contributed by atoms with van der Waals surface area (Å²) in [6, 6.07) is 6.28. The fourth-order valence-corrected chi connectivity index (χ4v) is 5.06. The van der Waals surface area contributed by atoms with E-state index in [9.17, 15) is 14.4 Å². The molecule has 0 bridgehead atoms. The number of anilines is 1. The van der Waals surface area contributed by atoms with Crippen LogP contribution >= 0.6 is 11.3 Å². The topological polar surface area (TPSA) is 81.7 Å². The van der Waals surface area contributed by atoms with Crippen LogP contribution < -0.4 is 10.1 Å². The van der Waals surface area contributed by atoms with Crippen LogP contribution in [0.4, 0.5) is 5.00 Å². The maximum atomic E-state index is 12.8. The summed E-state index contributed by atoms with van der Waals surface area (Å²) in [6.45, 7) is 8.02. The first-order valence-electron chi connectivity index (χ1n) is 9.92. The second-order valence-electron chi connectivity index (χ2n) is 8.58. The zero-order valence-corrected chi connectivity index (χ0v) is 18.8. The minimum absolute atomic E-state index is 0.181. The Hall–Kier alpha value is -2.67. The molecule has 1 aromatic carbocycles. The van der Waals surface area contributed by atoms with Gasteiger partial charge in [0.2, 0.25) is 0 Å². The largest absolute Gasteiger partial charge is 0.465 e. The maximum Gasteiger partial charge on any atom is 0.341 e. The van der Waals surface area contributed by atoms with Crippen LogP contribution in [0.1, 0.15) is 65.3 Å². The molecule has 160 valence electrons. The number of rotatable bonds is 4. The molecule has 1 heterocycles. The van der Waals surface area contributed by atoms with Crippen LogP contribution in [-0.2, 0) is 22.4 Å². The Morgan fingerprint density at radius 3 is 2.37 bits per heavy atom. The van der Waals surface area contributed by atoms with E-state index >= 15 is 0 Å². The minimum atomic E-state index is -0.429. The minimum Gasteiger partial charge on any atom is -0.465 e. The summed E-state index contributed by atoms with van der Waals surface area (Å²) < 4.78 is 10.00. The van der Waals surface area contributed by atoms with Gasteiger partial charge < -0.3 is 14.8 Å². The molecule has 1 atom stereocenters. The van der Waals surface area contributed by atoms with Gasteiger partial charge in [-0.15, -0.1) is 11.3 Å². The van der Waals surface area contributed by atoms with Gasteiger partial charge in [0.15, 0.2) is 0 Å². The Morgan fingerprint density at radius 2 is 1.80 bits per heavy atom. The molecule has 0 spiro atoms. The van der Waals surface area contributed by atoms with Crippen molar-refractivity contribution in [1.82, 2.24) is 0 Å². The smallest absolute Gasteiger partial charge is 0.341 e. The number of fused-ring (bicyclic) bond motifs is 1. The second kappa shape index (κ2) is 8.60. The molecule has 0 saturated carbocycles. The monoisotopic (exact) mass is 429 g/mol. The first-order valence-corrected chi connectivity index (χ1v) is 10.7. The summed E-state index contributed by atoms with van der Waals surface area (Å²) in [5, 5.41) is 3.41. The number of nitrogens with one attached hydrogen (secondary N) is 1. The van der Waals surface area contributed by atoms with Gasteiger partial charge in [-0.2, -0.15) is 0 Å². The fourth-order valence-electron chi connectivity index (χ4n) is 3.75. The highest BCUT2D eigenvalue weighted by molar-refractivity contribution is 7.17. The van der Waals surface area contributed by atoms with Crippen molar-refractivity contribution in [3.63, 3.8) is 0 Å². The van der Waals surface area contributed by atoms with Crippen LogP contribution in [-0.4, -0.2) is 25.0 Å². The van der Waals surface area contributed by atoms with Gasteiger partial charge in [-0.05, 0) is 60.4 Å². The lowest BCUT2D eigenvalue weighted by Gasteiger charge is -2.33. The molecule has 1 N–H and O–H groups in total. The van der Waals surface area contributed by atoms with E-state index in [-0.39, 0.29) is 11.3 Å². The van der Waals surface area contributed by atoms with Crippen LogP contribution in [0.15, 0.2) is 24.3 Å². The molecule has 0 saturated heterocycles. The van der Waals surface area contributed by atoms with Crippen LogP contribution in [0.3, 0.4) is 0 Å². The molecule has 2 aromatic rings. The summed E-state index contributed by atoms with van der Waals surface area (Å²) >= 11 is 1.46. The molecule has 3 rings (SSSR count). The zero-order chi connectivity index (χ0) is 22.1. The van der Waals surface area contributed by atoms with E-state index in [4.69, 9.17) is 9.47 Å². The highest BCUT2D eigenvalue weighted by Crippen LogP contribution is 2.44. The predicted octanol–water partition coefficient (Wildman–Crippen LogP) is 4.86. The van der Waals surface area contributed by atoms with Crippen molar-refractivity contribution < 1.29 is 23.9 Å². The third kappa shape index (κ3) is 4.73. The van der Waals surface area contributed by atoms with Gasteiger partial charge in [0, 0.05) is 17.4 Å².